The molecule has 0 radical (unpaired) electrons. The fraction of sp³-hybridized carbons (Fsp3) is 0.0435. The number of hydrogen-bond acceptors (Lipinski definition) is 7. The van der Waals surface area contributed by atoms with Crippen LogP contribution in [0.15, 0.2) is 72.4 Å². The van der Waals surface area contributed by atoms with Gasteiger partial charge in [0.25, 0.3) is 11.6 Å². The lowest BCUT2D eigenvalue weighted by molar-refractivity contribution is -0.384. The van der Waals surface area contributed by atoms with Crippen molar-refractivity contribution in [2.45, 2.75) is 6.92 Å². The zero-order chi connectivity index (χ0) is 23.4. The predicted molar refractivity (Wildman–Crippen MR) is 125 cm³/mol. The molecule has 0 saturated heterocycles. The second-order valence-electron chi connectivity index (χ2n) is 6.99. The van der Waals surface area contributed by atoms with E-state index in [0.717, 1.165) is 11.1 Å². The highest BCUT2D eigenvalue weighted by Crippen LogP contribution is 2.27. The molecule has 1 amide bonds. The quantitative estimate of drug-likeness (QED) is 0.193. The maximum Gasteiger partial charge on any atom is 0.271 e. The van der Waals surface area contributed by atoms with Crippen molar-refractivity contribution in [2.75, 3.05) is 5.32 Å². The molecule has 2 aromatic carbocycles. The number of nitrogens with zero attached hydrogens (tertiary/aromatic N) is 5. The van der Waals surface area contributed by atoms with Gasteiger partial charge >= 0.3 is 0 Å². The van der Waals surface area contributed by atoms with Crippen molar-refractivity contribution >= 4 is 34.1 Å². The van der Waals surface area contributed by atoms with Crippen molar-refractivity contribution in [3.05, 3.63) is 93.8 Å². The number of aryl methyl sites for hydroxylation is 1. The van der Waals surface area contributed by atoms with E-state index in [1.165, 1.54) is 29.5 Å². The second-order valence-corrected chi connectivity index (χ2v) is 7.96. The van der Waals surface area contributed by atoms with E-state index in [0.29, 0.717) is 16.4 Å². The molecule has 4 aromatic rings. The van der Waals surface area contributed by atoms with E-state index >= 15 is 0 Å². The summed E-state index contributed by atoms with van der Waals surface area (Å²) in [7, 11) is 0. The number of anilines is 1. The Kier molecular flexibility index (Phi) is 6.06. The van der Waals surface area contributed by atoms with Gasteiger partial charge in [-0.2, -0.15) is 5.26 Å². The number of nitriles is 1. The number of amides is 1. The van der Waals surface area contributed by atoms with E-state index < -0.39 is 10.8 Å². The Balaban J connectivity index is 1.57. The van der Waals surface area contributed by atoms with Gasteiger partial charge < -0.3 is 4.57 Å². The van der Waals surface area contributed by atoms with Gasteiger partial charge in [-0.25, -0.2) is 0 Å². The Morgan fingerprint density at radius 2 is 2.00 bits per heavy atom. The van der Waals surface area contributed by atoms with Gasteiger partial charge in [0, 0.05) is 29.6 Å². The van der Waals surface area contributed by atoms with E-state index in [4.69, 9.17) is 0 Å². The molecule has 0 fully saturated rings. The van der Waals surface area contributed by atoms with E-state index in [2.05, 4.69) is 15.5 Å². The SMILES string of the molecule is Cc1cccc(-c2nnc(NC(=O)/C(C#N)=C\c3cccn3-c3cccc([N+](=O)[O-])c3)s2)c1. The van der Waals surface area contributed by atoms with Gasteiger partial charge in [0.05, 0.1) is 10.6 Å². The second kappa shape index (κ2) is 9.25. The smallest absolute Gasteiger partial charge is 0.271 e. The van der Waals surface area contributed by atoms with Crippen LogP contribution in [0.4, 0.5) is 10.8 Å². The molecule has 0 atom stereocenters. The van der Waals surface area contributed by atoms with Crippen molar-refractivity contribution in [2.24, 2.45) is 0 Å². The number of nitro benzene ring substituents is 1. The van der Waals surface area contributed by atoms with Crippen molar-refractivity contribution in [3.63, 3.8) is 0 Å². The van der Waals surface area contributed by atoms with Crippen LogP contribution in [0.25, 0.3) is 22.3 Å². The molecule has 9 nitrogen and oxygen atoms in total. The van der Waals surface area contributed by atoms with Crippen LogP contribution in [-0.2, 0) is 4.79 Å². The van der Waals surface area contributed by atoms with Crippen LogP contribution >= 0.6 is 11.3 Å². The van der Waals surface area contributed by atoms with Crippen molar-refractivity contribution in [1.29, 1.82) is 5.26 Å². The summed E-state index contributed by atoms with van der Waals surface area (Å²) in [5, 5.41) is 32.3. The molecular formula is C23H16N6O3S. The molecule has 0 spiro atoms. The molecule has 0 unspecified atom stereocenters. The number of nitrogens with one attached hydrogen (secondary N) is 1. The summed E-state index contributed by atoms with van der Waals surface area (Å²) in [6.45, 7) is 1.97. The normalized spacial score (nSPS) is 11.1. The molecular weight excluding hydrogens is 440 g/mol. The van der Waals surface area contributed by atoms with Crippen molar-refractivity contribution < 1.29 is 9.72 Å². The largest absolute Gasteiger partial charge is 0.317 e. The first-order valence-corrected chi connectivity index (χ1v) is 10.5. The van der Waals surface area contributed by atoms with Crippen molar-refractivity contribution in [3.8, 4) is 22.3 Å². The molecule has 1 N–H and O–H groups in total. The minimum atomic E-state index is -0.628. The summed E-state index contributed by atoms with van der Waals surface area (Å²) >= 11 is 1.20. The number of nitro groups is 1. The number of rotatable bonds is 6. The third kappa shape index (κ3) is 4.84. The maximum atomic E-state index is 12.7. The van der Waals surface area contributed by atoms with Crippen LogP contribution in [0.2, 0.25) is 0 Å². The lowest BCUT2D eigenvalue weighted by Gasteiger charge is -2.07. The van der Waals surface area contributed by atoms with Gasteiger partial charge in [-0.15, -0.1) is 10.2 Å². The first-order chi connectivity index (χ1) is 15.9. The van der Waals surface area contributed by atoms with Crippen molar-refractivity contribution in [1.82, 2.24) is 14.8 Å². The lowest BCUT2D eigenvalue weighted by atomic mass is 10.1. The standard InChI is InChI=1S/C23H16N6O3S/c1-15-5-2-6-16(11-15)22-26-27-23(33-22)25-21(30)17(14-24)12-18-9-4-10-28(18)19-7-3-8-20(13-19)29(31)32/h2-13H,1H3,(H,25,27,30)/b17-12-. The van der Waals surface area contributed by atoms with E-state index in [1.54, 1.807) is 35.0 Å². The van der Waals surface area contributed by atoms with Crippen LogP contribution in [0.1, 0.15) is 11.3 Å². The number of hydrogen-bond donors (Lipinski definition) is 1. The van der Waals surface area contributed by atoms with E-state index in [9.17, 15) is 20.2 Å². The molecule has 2 heterocycles. The van der Waals surface area contributed by atoms with Gasteiger partial charge in [-0.05, 0) is 37.3 Å². The lowest BCUT2D eigenvalue weighted by Crippen LogP contribution is -2.13. The van der Waals surface area contributed by atoms with Gasteiger partial charge in [-0.3, -0.25) is 20.2 Å². The van der Waals surface area contributed by atoms with E-state index in [1.807, 2.05) is 37.3 Å². The van der Waals surface area contributed by atoms with Crippen LogP contribution in [0.3, 0.4) is 0 Å². The first-order valence-electron chi connectivity index (χ1n) is 9.70. The summed E-state index contributed by atoms with van der Waals surface area (Å²) < 4.78 is 1.65. The molecule has 0 saturated carbocycles. The summed E-state index contributed by atoms with van der Waals surface area (Å²) in [6, 6.07) is 19.1. The minimum Gasteiger partial charge on any atom is -0.317 e. The molecule has 162 valence electrons. The van der Waals surface area contributed by atoms with Gasteiger partial charge in [0.15, 0.2) is 0 Å². The van der Waals surface area contributed by atoms with Crippen LogP contribution in [0.5, 0.6) is 0 Å². The third-order valence-corrected chi connectivity index (χ3v) is 5.55. The zero-order valence-electron chi connectivity index (χ0n) is 17.3. The number of non-ortho nitro benzene ring substituents is 1. The summed E-state index contributed by atoms with van der Waals surface area (Å²) in [5.41, 5.74) is 2.81. The molecule has 10 heteroatoms. The van der Waals surface area contributed by atoms with Gasteiger partial charge in [0.1, 0.15) is 16.6 Å². The molecule has 0 aliphatic rings. The predicted octanol–water partition coefficient (Wildman–Crippen LogP) is 4.76. The highest BCUT2D eigenvalue weighted by molar-refractivity contribution is 7.18. The van der Waals surface area contributed by atoms with Gasteiger partial charge in [-0.1, -0.05) is 41.2 Å². The molecule has 4 rings (SSSR count). The number of carbonyl (C=O) groups is 1. The summed E-state index contributed by atoms with van der Waals surface area (Å²) in [5.74, 6) is -0.628. The Labute approximate surface area is 192 Å². The molecule has 0 aliphatic heterocycles. The molecule has 2 aromatic heterocycles. The Bertz CT molecular complexity index is 1430. The van der Waals surface area contributed by atoms with E-state index in [-0.39, 0.29) is 16.4 Å². The number of benzene rings is 2. The Morgan fingerprint density at radius 3 is 2.76 bits per heavy atom. The average molecular weight is 456 g/mol. The Morgan fingerprint density at radius 1 is 1.18 bits per heavy atom. The topological polar surface area (TPSA) is 127 Å². The maximum absolute atomic E-state index is 12.7. The zero-order valence-corrected chi connectivity index (χ0v) is 18.1. The monoisotopic (exact) mass is 456 g/mol. The first kappa shape index (κ1) is 21.6. The number of aromatic nitrogens is 3. The molecule has 0 bridgehead atoms. The average Bonchev–Trinajstić information content (AvgIpc) is 3.47. The third-order valence-electron chi connectivity index (χ3n) is 4.67. The molecule has 33 heavy (non-hydrogen) atoms. The minimum absolute atomic E-state index is 0.0601. The fourth-order valence-corrected chi connectivity index (χ4v) is 3.87. The highest BCUT2D eigenvalue weighted by atomic mass is 32.1. The summed E-state index contributed by atoms with van der Waals surface area (Å²) in [6.07, 6.45) is 3.10. The summed E-state index contributed by atoms with van der Waals surface area (Å²) in [4.78, 5) is 23.3. The Hall–Kier alpha value is -4.62. The van der Waals surface area contributed by atoms with Crippen LogP contribution in [0, 0.1) is 28.4 Å². The highest BCUT2D eigenvalue weighted by Gasteiger charge is 2.15. The van der Waals surface area contributed by atoms with Crippen LogP contribution < -0.4 is 5.32 Å². The van der Waals surface area contributed by atoms with Gasteiger partial charge in [0.2, 0.25) is 5.13 Å². The fourth-order valence-electron chi connectivity index (χ4n) is 3.13. The molecule has 0 aliphatic carbocycles. The van der Waals surface area contributed by atoms with Crippen LogP contribution in [-0.4, -0.2) is 25.6 Å². The number of carbonyl (C=O) groups excluding carboxylic acids is 1.